The maximum absolute atomic E-state index is 11.8. The Labute approximate surface area is 217 Å². The fraction of sp³-hybridized carbons (Fsp3) is 0.455. The van der Waals surface area contributed by atoms with Gasteiger partial charge in [0.05, 0.1) is 0 Å². The Bertz CT molecular complexity index is 852. The minimum atomic E-state index is -4.44. The van der Waals surface area contributed by atoms with Gasteiger partial charge in [0.1, 0.15) is 10.6 Å². The van der Waals surface area contributed by atoms with Crippen molar-refractivity contribution >= 4 is 10.1 Å². The number of para-hydroxylation sites is 1. The zero-order chi connectivity index (χ0) is 20.4. The molecule has 0 aromatic heterocycles. The second-order valence-electron chi connectivity index (χ2n) is 7.02. The first-order valence-electron chi connectivity index (χ1n) is 9.96. The topological polar surface area (TPSA) is 86.7 Å². The largest absolute Gasteiger partial charge is 1.00 e. The Morgan fingerprint density at radius 2 is 1.55 bits per heavy atom. The van der Waals surface area contributed by atoms with Crippen LogP contribution in [0.1, 0.15) is 63.9 Å². The normalized spacial score (nSPS) is 11.1. The number of rotatable bonds is 12. The predicted octanol–water partition coefficient (Wildman–Crippen LogP) is 2.49. The molecule has 0 atom stereocenters. The Kier molecular flexibility index (Phi) is 12.7. The molecule has 2 rings (SSSR count). The third kappa shape index (κ3) is 9.51. The van der Waals surface area contributed by atoms with Gasteiger partial charge in [-0.1, -0.05) is 76.1 Å². The van der Waals surface area contributed by atoms with Crippen LogP contribution < -0.4 is 61.2 Å². The molecule has 5 nitrogen and oxygen atoms in total. The average Bonchev–Trinajstić information content (AvgIpc) is 2.64. The third-order valence-corrected chi connectivity index (χ3v) is 5.54. The molecule has 0 aliphatic heterocycles. The maximum atomic E-state index is 11.8. The first kappa shape index (κ1) is 26.6. The van der Waals surface area contributed by atoms with Gasteiger partial charge in [-0.05, 0) is 36.6 Å². The van der Waals surface area contributed by atoms with Crippen LogP contribution in [-0.2, 0) is 16.5 Å². The molecule has 0 fully saturated rings. The molecule has 0 heterocycles. The first-order valence-corrected chi connectivity index (χ1v) is 11.4. The number of hydrogen-bond donors (Lipinski definition) is 1. The second kappa shape index (κ2) is 13.8. The summed E-state index contributed by atoms with van der Waals surface area (Å²) >= 11 is 0. The predicted molar refractivity (Wildman–Crippen MR) is 109 cm³/mol. The van der Waals surface area contributed by atoms with E-state index < -0.39 is 10.1 Å². The molecule has 1 N–H and O–H groups in total. The van der Waals surface area contributed by atoms with Crippen LogP contribution in [0, 0.1) is 0 Å². The van der Waals surface area contributed by atoms with Crippen LogP contribution >= 0.6 is 0 Å². The molecule has 0 saturated heterocycles. The molecule has 7 heteroatoms. The molecule has 154 valence electrons. The summed E-state index contributed by atoms with van der Waals surface area (Å²) in [4.78, 5) is -0.277. The van der Waals surface area contributed by atoms with Gasteiger partial charge >= 0.3 is 51.4 Å². The molecule has 0 bridgehead atoms. The molecule has 0 saturated carbocycles. The van der Waals surface area contributed by atoms with Crippen LogP contribution in [0.25, 0.3) is 0 Å². The van der Waals surface area contributed by atoms with Gasteiger partial charge in [0.2, 0.25) is 0 Å². The molecule has 0 spiro atoms. The van der Waals surface area contributed by atoms with Gasteiger partial charge in [-0.25, -0.2) is 0 Å². The number of aryl methyl sites for hydroxylation is 1. The zero-order valence-electron chi connectivity index (χ0n) is 17.4. The monoisotopic (exact) mass is 444 g/mol. The maximum Gasteiger partial charge on any atom is 1.00 e. The summed E-state index contributed by atoms with van der Waals surface area (Å²) in [7, 11) is -4.44. The Hall–Kier alpha value is -0.414. The van der Waals surface area contributed by atoms with E-state index in [1.165, 1.54) is 50.3 Å². The summed E-state index contributed by atoms with van der Waals surface area (Å²) in [5, 5.41) is 11.5. The Morgan fingerprint density at radius 1 is 0.931 bits per heavy atom. The van der Waals surface area contributed by atoms with Crippen molar-refractivity contribution in [1.29, 1.82) is 0 Å². The van der Waals surface area contributed by atoms with Gasteiger partial charge in [-0.15, -0.1) is 5.75 Å². The van der Waals surface area contributed by atoms with Crippen molar-refractivity contribution in [3.05, 3.63) is 48.0 Å². The molecular formula is C22H29KO5S. The number of benzene rings is 2. The summed E-state index contributed by atoms with van der Waals surface area (Å²) in [6.07, 6.45) is 10.0. The quantitative estimate of drug-likeness (QED) is 0.309. The van der Waals surface area contributed by atoms with Crippen LogP contribution in [-0.4, -0.2) is 13.0 Å². The average molecular weight is 445 g/mol. The van der Waals surface area contributed by atoms with E-state index >= 15 is 0 Å². The fourth-order valence-corrected chi connectivity index (χ4v) is 3.84. The number of hydrogen-bond acceptors (Lipinski definition) is 4. The minimum Gasteiger partial charge on any atom is -0.872 e. The number of unbranched alkanes of at least 4 members (excludes halogenated alkanes) is 7. The molecule has 0 amide bonds. The van der Waals surface area contributed by atoms with Crippen molar-refractivity contribution in [3.8, 4) is 17.2 Å². The van der Waals surface area contributed by atoms with E-state index in [-0.39, 0.29) is 73.5 Å². The molecule has 29 heavy (non-hydrogen) atoms. The van der Waals surface area contributed by atoms with E-state index in [0.29, 0.717) is 12.0 Å². The third-order valence-electron chi connectivity index (χ3n) is 4.66. The SMILES string of the molecule is CCCCCCCCCCc1cccc(S(=O)(=O)O)c1Oc1cccc([O-])c1.[K+]. The van der Waals surface area contributed by atoms with Gasteiger partial charge in [-0.3, -0.25) is 4.55 Å². The summed E-state index contributed by atoms with van der Waals surface area (Å²) in [5.41, 5.74) is 0.706. The van der Waals surface area contributed by atoms with Gasteiger partial charge in [0, 0.05) is 0 Å². The zero-order valence-corrected chi connectivity index (χ0v) is 21.3. The standard InChI is InChI=1S/C22H30O5S.K/c1-2-3-4-5-6-7-8-9-12-18-13-10-16-21(28(24,25)26)22(18)27-20-15-11-14-19(23)17-20;/h10-11,13-17,23H,2-9,12H2,1H3,(H,24,25,26);/q;+1/p-1. The molecule has 2 aromatic rings. The van der Waals surface area contributed by atoms with E-state index in [1.807, 2.05) is 0 Å². The molecule has 0 aliphatic rings. The molecule has 0 unspecified atom stereocenters. The van der Waals surface area contributed by atoms with Crippen molar-refractivity contribution in [2.75, 3.05) is 0 Å². The summed E-state index contributed by atoms with van der Waals surface area (Å²) in [6, 6.07) is 10.5. The Balaban J connectivity index is 0.00000420. The summed E-state index contributed by atoms with van der Waals surface area (Å²) in [5.74, 6) is 0.116. The molecule has 2 aromatic carbocycles. The van der Waals surface area contributed by atoms with Gasteiger partial charge in [-0.2, -0.15) is 8.42 Å². The summed E-state index contributed by atoms with van der Waals surface area (Å²) < 4.78 is 38.9. The van der Waals surface area contributed by atoms with Crippen LogP contribution in [0.4, 0.5) is 0 Å². The van der Waals surface area contributed by atoms with Crippen molar-refractivity contribution < 1.29 is 74.2 Å². The number of ether oxygens (including phenoxy) is 1. The van der Waals surface area contributed by atoms with Crippen molar-refractivity contribution in [3.63, 3.8) is 0 Å². The van der Waals surface area contributed by atoms with E-state index in [9.17, 15) is 18.1 Å². The van der Waals surface area contributed by atoms with Crippen LogP contribution in [0.3, 0.4) is 0 Å². The molecule has 0 radical (unpaired) electrons. The van der Waals surface area contributed by atoms with Crippen LogP contribution in [0.5, 0.6) is 17.2 Å². The minimum absolute atomic E-state index is 0. The fourth-order valence-electron chi connectivity index (χ4n) is 3.18. The molecular weight excluding hydrogens is 415 g/mol. The van der Waals surface area contributed by atoms with E-state index in [0.717, 1.165) is 19.3 Å². The van der Waals surface area contributed by atoms with E-state index in [4.69, 9.17) is 4.74 Å². The van der Waals surface area contributed by atoms with E-state index in [2.05, 4.69) is 6.92 Å². The van der Waals surface area contributed by atoms with Crippen molar-refractivity contribution in [2.24, 2.45) is 0 Å². The molecule has 0 aliphatic carbocycles. The van der Waals surface area contributed by atoms with Crippen LogP contribution in [0.15, 0.2) is 47.4 Å². The smallest absolute Gasteiger partial charge is 0.872 e. The van der Waals surface area contributed by atoms with Gasteiger partial charge in [0.15, 0.2) is 5.75 Å². The van der Waals surface area contributed by atoms with Gasteiger partial charge in [0.25, 0.3) is 10.1 Å². The van der Waals surface area contributed by atoms with Gasteiger partial charge < -0.3 is 9.84 Å². The van der Waals surface area contributed by atoms with Crippen LogP contribution in [0.2, 0.25) is 0 Å². The van der Waals surface area contributed by atoms with Crippen molar-refractivity contribution in [2.45, 2.75) is 69.6 Å². The summed E-state index contributed by atoms with van der Waals surface area (Å²) in [6.45, 7) is 2.20. The second-order valence-corrected chi connectivity index (χ2v) is 8.41. The first-order chi connectivity index (χ1) is 13.4. The van der Waals surface area contributed by atoms with Crippen molar-refractivity contribution in [1.82, 2.24) is 0 Å². The van der Waals surface area contributed by atoms with E-state index in [1.54, 1.807) is 24.3 Å². The Morgan fingerprint density at radius 3 is 2.17 bits per heavy atom.